The van der Waals surface area contributed by atoms with E-state index in [2.05, 4.69) is 58.9 Å². The molecular formula is C15H36O5Si3. The van der Waals surface area contributed by atoms with E-state index in [0.29, 0.717) is 13.0 Å². The van der Waals surface area contributed by atoms with Gasteiger partial charge in [0.05, 0.1) is 18.8 Å². The Labute approximate surface area is 145 Å². The van der Waals surface area contributed by atoms with E-state index in [1.54, 1.807) is 0 Å². The second kappa shape index (κ2) is 7.77. The Morgan fingerprint density at radius 3 is 1.83 bits per heavy atom. The van der Waals surface area contributed by atoms with Crippen LogP contribution in [0.15, 0.2) is 0 Å². The van der Waals surface area contributed by atoms with Gasteiger partial charge < -0.3 is 23.1 Å². The van der Waals surface area contributed by atoms with Crippen LogP contribution in [0.1, 0.15) is 6.42 Å². The van der Waals surface area contributed by atoms with Gasteiger partial charge in [0.15, 0.2) is 31.2 Å². The van der Waals surface area contributed by atoms with Gasteiger partial charge in [-0.3, -0.25) is 0 Å². The zero-order valence-electron chi connectivity index (χ0n) is 16.3. The highest BCUT2D eigenvalue weighted by molar-refractivity contribution is 6.70. The van der Waals surface area contributed by atoms with Crippen LogP contribution < -0.4 is 0 Å². The van der Waals surface area contributed by atoms with Gasteiger partial charge in [-0.05, 0) is 58.9 Å². The van der Waals surface area contributed by atoms with Gasteiger partial charge in [-0.2, -0.15) is 0 Å². The average molecular weight is 381 g/mol. The molecule has 0 saturated carbocycles. The van der Waals surface area contributed by atoms with Crippen molar-refractivity contribution in [1.82, 2.24) is 0 Å². The topological polar surface area (TPSA) is 57.2 Å². The Morgan fingerprint density at radius 1 is 0.870 bits per heavy atom. The summed E-state index contributed by atoms with van der Waals surface area (Å²) in [6.07, 6.45) is -0.935. The zero-order chi connectivity index (χ0) is 18.1. The number of aliphatic hydroxyl groups excluding tert-OH is 1. The van der Waals surface area contributed by atoms with Crippen molar-refractivity contribution in [3.63, 3.8) is 0 Å². The first-order valence-corrected chi connectivity index (χ1v) is 18.7. The van der Waals surface area contributed by atoms with E-state index in [-0.39, 0.29) is 18.3 Å². The minimum absolute atomic E-state index is 0.132. The number of hydrogen-bond acceptors (Lipinski definition) is 5. The van der Waals surface area contributed by atoms with Crippen molar-refractivity contribution in [3.05, 3.63) is 0 Å². The molecule has 1 aliphatic rings. The van der Waals surface area contributed by atoms with Crippen LogP contribution in [-0.2, 0) is 18.0 Å². The molecule has 0 aromatic carbocycles. The van der Waals surface area contributed by atoms with Crippen molar-refractivity contribution >= 4 is 25.0 Å². The number of ether oxygens (including phenoxy) is 1. The van der Waals surface area contributed by atoms with Gasteiger partial charge in [-0.25, -0.2) is 0 Å². The van der Waals surface area contributed by atoms with Crippen LogP contribution in [0.3, 0.4) is 0 Å². The van der Waals surface area contributed by atoms with Crippen LogP contribution in [0.5, 0.6) is 0 Å². The quantitative estimate of drug-likeness (QED) is 0.686. The second-order valence-corrected chi connectivity index (χ2v) is 22.7. The first-order chi connectivity index (χ1) is 10.2. The van der Waals surface area contributed by atoms with E-state index >= 15 is 0 Å². The third kappa shape index (κ3) is 8.92. The smallest absolute Gasteiger partial charge is 0.184 e. The molecule has 4 atom stereocenters. The number of hydrogen-bond donors (Lipinski definition) is 1. The van der Waals surface area contributed by atoms with Crippen molar-refractivity contribution in [1.29, 1.82) is 0 Å². The molecule has 0 radical (unpaired) electrons. The Bertz CT molecular complexity index is 373. The van der Waals surface area contributed by atoms with E-state index in [4.69, 9.17) is 18.0 Å². The van der Waals surface area contributed by atoms with Crippen LogP contribution >= 0.6 is 0 Å². The van der Waals surface area contributed by atoms with Crippen LogP contribution in [0.25, 0.3) is 0 Å². The fourth-order valence-electron chi connectivity index (χ4n) is 2.50. The van der Waals surface area contributed by atoms with E-state index in [9.17, 15) is 5.11 Å². The average Bonchev–Trinajstić information content (AvgIpc) is 2.25. The van der Waals surface area contributed by atoms with E-state index in [0.717, 1.165) is 0 Å². The zero-order valence-corrected chi connectivity index (χ0v) is 19.3. The maximum absolute atomic E-state index is 10.1. The molecule has 1 aliphatic heterocycles. The maximum atomic E-state index is 10.1. The van der Waals surface area contributed by atoms with E-state index in [1.165, 1.54) is 0 Å². The van der Waals surface area contributed by atoms with Crippen molar-refractivity contribution in [2.24, 2.45) is 0 Å². The molecule has 0 unspecified atom stereocenters. The largest absolute Gasteiger partial charge is 0.415 e. The van der Waals surface area contributed by atoms with E-state index in [1.807, 2.05) is 0 Å². The molecule has 5 nitrogen and oxygen atoms in total. The molecule has 23 heavy (non-hydrogen) atoms. The molecule has 0 bridgehead atoms. The molecule has 0 spiro atoms. The summed E-state index contributed by atoms with van der Waals surface area (Å²) in [4.78, 5) is 0. The lowest BCUT2D eigenvalue weighted by molar-refractivity contribution is -0.231. The molecule has 8 heteroatoms. The van der Waals surface area contributed by atoms with Gasteiger partial charge in [0.2, 0.25) is 0 Å². The summed E-state index contributed by atoms with van der Waals surface area (Å²) in [6.45, 7) is 19.9. The molecular weight excluding hydrogens is 344 g/mol. The Kier molecular flexibility index (Phi) is 7.27. The summed E-state index contributed by atoms with van der Waals surface area (Å²) in [5.41, 5.74) is 0. The Balaban J connectivity index is 2.93. The first kappa shape index (κ1) is 21.5. The van der Waals surface area contributed by atoms with Crippen LogP contribution in [0.2, 0.25) is 58.9 Å². The van der Waals surface area contributed by atoms with Gasteiger partial charge in [0.1, 0.15) is 6.10 Å². The number of rotatable bonds is 7. The Morgan fingerprint density at radius 2 is 1.39 bits per heavy atom. The van der Waals surface area contributed by atoms with Gasteiger partial charge in [0, 0.05) is 6.42 Å². The molecule has 1 fully saturated rings. The van der Waals surface area contributed by atoms with Crippen LogP contribution in [-0.4, -0.2) is 61.3 Å². The highest BCUT2D eigenvalue weighted by Gasteiger charge is 2.43. The summed E-state index contributed by atoms with van der Waals surface area (Å²) in [5.74, 6) is 0. The highest BCUT2D eigenvalue weighted by Crippen LogP contribution is 2.29. The fraction of sp³-hybridized carbons (Fsp3) is 1.00. The minimum atomic E-state index is -1.77. The van der Waals surface area contributed by atoms with E-state index < -0.39 is 31.2 Å². The standard InChI is InChI=1S/C15H36O5Si3/c1-21(2,3)17-11-13-15(20-23(7,8)9)12(10-14(16)18-13)19-22(4,5)6/h12-16H,10-11H2,1-9H3/t12-,13-,14+,15+/m1/s1. The Hall–Kier alpha value is 0.451. The summed E-state index contributed by atoms with van der Waals surface area (Å²) in [5, 5.41) is 10.1. The minimum Gasteiger partial charge on any atom is -0.415 e. The summed E-state index contributed by atoms with van der Waals surface area (Å²) in [6, 6.07) is 0. The molecule has 138 valence electrons. The summed E-state index contributed by atoms with van der Waals surface area (Å²) in [7, 11) is -5.17. The van der Waals surface area contributed by atoms with Gasteiger partial charge >= 0.3 is 0 Å². The summed E-state index contributed by atoms with van der Waals surface area (Å²) < 4.78 is 24.5. The molecule has 0 amide bonds. The van der Waals surface area contributed by atoms with Crippen LogP contribution in [0, 0.1) is 0 Å². The highest BCUT2D eigenvalue weighted by atomic mass is 28.4. The molecule has 1 saturated heterocycles. The molecule has 0 aromatic rings. The SMILES string of the molecule is C[Si](C)(C)OC[C@H]1O[C@H](O)C[C@@H](O[Si](C)(C)C)[C@@H]1O[Si](C)(C)C. The summed E-state index contributed by atoms with van der Waals surface area (Å²) >= 11 is 0. The third-order valence-electron chi connectivity index (χ3n) is 3.17. The molecule has 1 rings (SSSR count). The predicted molar refractivity (Wildman–Crippen MR) is 101 cm³/mol. The first-order valence-electron chi connectivity index (χ1n) is 8.49. The second-order valence-electron chi connectivity index (χ2n) is 9.25. The van der Waals surface area contributed by atoms with Crippen molar-refractivity contribution < 1.29 is 23.1 Å². The predicted octanol–water partition coefficient (Wildman–Crippen LogP) is 3.39. The number of aliphatic hydroxyl groups is 1. The lowest BCUT2D eigenvalue weighted by Gasteiger charge is -2.45. The third-order valence-corrected chi connectivity index (χ3v) is 6.20. The van der Waals surface area contributed by atoms with Crippen molar-refractivity contribution in [2.75, 3.05) is 6.61 Å². The van der Waals surface area contributed by atoms with Crippen molar-refractivity contribution in [3.8, 4) is 0 Å². The van der Waals surface area contributed by atoms with Gasteiger partial charge in [-0.15, -0.1) is 0 Å². The molecule has 1 N–H and O–H groups in total. The van der Waals surface area contributed by atoms with Gasteiger partial charge in [0.25, 0.3) is 0 Å². The van der Waals surface area contributed by atoms with Crippen LogP contribution in [0.4, 0.5) is 0 Å². The maximum Gasteiger partial charge on any atom is 0.184 e. The molecule has 1 heterocycles. The van der Waals surface area contributed by atoms with Gasteiger partial charge in [-0.1, -0.05) is 0 Å². The molecule has 0 aliphatic carbocycles. The monoisotopic (exact) mass is 380 g/mol. The normalized spacial score (nSPS) is 30.5. The van der Waals surface area contributed by atoms with Crippen molar-refractivity contribution in [2.45, 2.75) is 89.9 Å². The lowest BCUT2D eigenvalue weighted by Crippen LogP contribution is -2.57. The fourth-order valence-corrected chi connectivity index (χ4v) is 5.43. The lowest BCUT2D eigenvalue weighted by atomic mass is 10.0. The molecule has 0 aromatic heterocycles.